The van der Waals surface area contributed by atoms with Crippen LogP contribution in [0, 0.1) is 18.1 Å². The zero-order chi connectivity index (χ0) is 33.3. The molecule has 0 saturated heterocycles. The van der Waals surface area contributed by atoms with Crippen molar-refractivity contribution in [1.29, 1.82) is 0 Å². The van der Waals surface area contributed by atoms with Gasteiger partial charge >= 0.3 is 0 Å². The molecule has 4 aromatic carbocycles. The SMILES string of the molecule is CC(C)Cc1cc(-c2[c-]cccc2)ncc1[Si](C)(C)C.[Ir].[c-]1ccc2c(oc3ncccc32)c1-c1nc2ccccc2n1-c1ccccc1. The third kappa shape index (κ3) is 7.06. The summed E-state index contributed by atoms with van der Waals surface area (Å²) in [5.41, 5.74) is 8.83. The second-order valence-corrected chi connectivity index (χ2v) is 18.5. The molecule has 1 radical (unpaired) electrons. The van der Waals surface area contributed by atoms with E-state index in [0.717, 1.165) is 62.1 Å². The number of imidazole rings is 1. The molecule has 0 spiro atoms. The van der Waals surface area contributed by atoms with Gasteiger partial charge in [-0.2, -0.15) is 0 Å². The quantitative estimate of drug-likeness (QED) is 0.124. The van der Waals surface area contributed by atoms with Gasteiger partial charge in [0.1, 0.15) is 0 Å². The Balaban J connectivity index is 0.000000177. The van der Waals surface area contributed by atoms with Gasteiger partial charge in [-0.05, 0) is 59.6 Å². The van der Waals surface area contributed by atoms with Gasteiger partial charge in [0, 0.05) is 43.6 Å². The molecule has 5 nitrogen and oxygen atoms in total. The van der Waals surface area contributed by atoms with Crippen LogP contribution in [0.3, 0.4) is 0 Å². The number of rotatable bonds is 6. The number of benzene rings is 4. The third-order valence-electron chi connectivity index (χ3n) is 8.42. The Bertz CT molecular complexity index is 2340. The van der Waals surface area contributed by atoms with Crippen molar-refractivity contribution >= 4 is 46.4 Å². The van der Waals surface area contributed by atoms with Gasteiger partial charge in [0.2, 0.25) is 5.71 Å². The first-order valence-corrected chi connectivity index (χ1v) is 20.0. The molecular weight excluding hydrogens is 797 g/mol. The minimum Gasteiger partial charge on any atom is -0.486 e. The van der Waals surface area contributed by atoms with Gasteiger partial charge < -0.3 is 14.0 Å². The predicted molar refractivity (Wildman–Crippen MR) is 200 cm³/mol. The maximum atomic E-state index is 6.13. The maximum Gasteiger partial charge on any atom is 0.216 e. The van der Waals surface area contributed by atoms with Crippen LogP contribution in [0.25, 0.3) is 61.4 Å². The summed E-state index contributed by atoms with van der Waals surface area (Å²) in [5.74, 6) is 1.47. The average molecular weight is 835 g/mol. The van der Waals surface area contributed by atoms with Crippen molar-refractivity contribution in [1.82, 2.24) is 19.5 Å². The number of pyridine rings is 2. The van der Waals surface area contributed by atoms with Gasteiger partial charge in [-0.15, -0.1) is 54.1 Å². The van der Waals surface area contributed by atoms with Crippen LogP contribution in [0.4, 0.5) is 0 Å². The first kappa shape index (κ1) is 34.2. The summed E-state index contributed by atoms with van der Waals surface area (Å²) in [5, 5.41) is 3.50. The van der Waals surface area contributed by atoms with E-state index in [9.17, 15) is 0 Å². The van der Waals surface area contributed by atoms with Crippen LogP contribution in [0.1, 0.15) is 19.4 Å². The Kier molecular flexibility index (Phi) is 10.1. The van der Waals surface area contributed by atoms with Gasteiger partial charge in [0.15, 0.2) is 0 Å². The van der Waals surface area contributed by atoms with E-state index in [2.05, 4.69) is 96.7 Å². The summed E-state index contributed by atoms with van der Waals surface area (Å²) in [6.07, 6.45) is 4.98. The smallest absolute Gasteiger partial charge is 0.216 e. The van der Waals surface area contributed by atoms with E-state index in [1.807, 2.05) is 78.9 Å². The fourth-order valence-corrected chi connectivity index (χ4v) is 7.84. The summed E-state index contributed by atoms with van der Waals surface area (Å²) < 4.78 is 8.28. The second-order valence-electron chi connectivity index (χ2n) is 13.5. The molecule has 0 unspecified atom stereocenters. The van der Waals surface area contributed by atoms with Crippen LogP contribution in [0.2, 0.25) is 19.6 Å². The first-order chi connectivity index (χ1) is 23.3. The van der Waals surface area contributed by atoms with Crippen LogP contribution in [-0.2, 0) is 26.5 Å². The maximum absolute atomic E-state index is 6.13. The van der Waals surface area contributed by atoms with Crippen LogP contribution in [0.15, 0.2) is 126 Å². The van der Waals surface area contributed by atoms with Crippen LogP contribution < -0.4 is 5.19 Å². The summed E-state index contributed by atoms with van der Waals surface area (Å²) in [6.45, 7) is 11.7. The number of furan rings is 1. The molecule has 0 atom stereocenters. The Labute approximate surface area is 302 Å². The van der Waals surface area contributed by atoms with Crippen molar-refractivity contribution in [2.45, 2.75) is 39.9 Å². The van der Waals surface area contributed by atoms with E-state index < -0.39 is 8.07 Å². The molecule has 8 aromatic rings. The summed E-state index contributed by atoms with van der Waals surface area (Å²) in [7, 11) is -1.34. The number of hydrogen-bond acceptors (Lipinski definition) is 4. The number of aromatic nitrogens is 4. The predicted octanol–water partition coefficient (Wildman–Crippen LogP) is 10.1. The molecule has 0 saturated carbocycles. The van der Waals surface area contributed by atoms with Gasteiger partial charge in [0.05, 0.1) is 30.5 Å². The van der Waals surface area contributed by atoms with Crippen molar-refractivity contribution in [2.24, 2.45) is 5.92 Å². The minimum absolute atomic E-state index is 0. The van der Waals surface area contributed by atoms with Gasteiger partial charge in [-0.25, -0.2) is 4.98 Å². The summed E-state index contributed by atoms with van der Waals surface area (Å²) >= 11 is 0. The molecule has 0 N–H and O–H groups in total. The second kappa shape index (κ2) is 14.4. The fraction of sp³-hybridized carbons (Fsp3) is 0.167. The van der Waals surface area contributed by atoms with Crippen LogP contribution in [-0.4, -0.2) is 27.6 Å². The molecule has 8 rings (SSSR count). The zero-order valence-corrected chi connectivity index (χ0v) is 31.8. The van der Waals surface area contributed by atoms with Gasteiger partial charge in [-0.1, -0.05) is 86.4 Å². The van der Waals surface area contributed by atoms with Gasteiger partial charge in [0.25, 0.3) is 0 Å². The van der Waals surface area contributed by atoms with E-state index in [4.69, 9.17) is 9.40 Å². The molecule has 0 bridgehead atoms. The summed E-state index contributed by atoms with van der Waals surface area (Å²) in [4.78, 5) is 14.0. The normalized spacial score (nSPS) is 11.5. The monoisotopic (exact) mass is 835 g/mol. The topological polar surface area (TPSA) is 56.7 Å². The molecular formula is C42H38IrN4OSi-2. The molecule has 4 heterocycles. The Morgan fingerprint density at radius 2 is 1.57 bits per heavy atom. The Morgan fingerprint density at radius 3 is 2.33 bits per heavy atom. The van der Waals surface area contributed by atoms with E-state index >= 15 is 0 Å². The zero-order valence-electron chi connectivity index (χ0n) is 28.4. The Morgan fingerprint density at radius 1 is 0.796 bits per heavy atom. The van der Waals surface area contributed by atoms with E-state index in [1.54, 1.807) is 6.20 Å². The number of fused-ring (bicyclic) bond motifs is 4. The largest absolute Gasteiger partial charge is 0.486 e. The molecule has 0 amide bonds. The molecule has 4 aromatic heterocycles. The minimum atomic E-state index is -1.34. The van der Waals surface area contributed by atoms with E-state index in [1.165, 1.54) is 10.8 Å². The number of hydrogen-bond donors (Lipinski definition) is 0. The van der Waals surface area contributed by atoms with Crippen molar-refractivity contribution in [3.8, 4) is 28.3 Å². The molecule has 0 aliphatic rings. The van der Waals surface area contributed by atoms with Crippen molar-refractivity contribution in [3.63, 3.8) is 0 Å². The van der Waals surface area contributed by atoms with E-state index in [0.29, 0.717) is 11.6 Å². The molecule has 0 fully saturated rings. The molecule has 0 aliphatic carbocycles. The van der Waals surface area contributed by atoms with Crippen molar-refractivity contribution in [2.75, 3.05) is 0 Å². The van der Waals surface area contributed by atoms with Crippen molar-refractivity contribution in [3.05, 3.63) is 139 Å². The molecule has 7 heteroatoms. The number of nitrogens with zero attached hydrogens (tertiary/aromatic N) is 4. The van der Waals surface area contributed by atoms with Crippen LogP contribution >= 0.6 is 0 Å². The van der Waals surface area contributed by atoms with Crippen LogP contribution in [0.5, 0.6) is 0 Å². The van der Waals surface area contributed by atoms with Gasteiger partial charge in [-0.3, -0.25) is 4.98 Å². The summed E-state index contributed by atoms with van der Waals surface area (Å²) in [6, 6.07) is 43.2. The first-order valence-electron chi connectivity index (χ1n) is 16.5. The standard InChI is InChI=1S/C24H14N3O.C18H24NSi.Ir/c1-2-8-16(9-3-1)27-21-14-5-4-13-20(21)26-23(27)19-11-6-10-17-18-12-7-15-25-24(18)28-22(17)19;1-14(2)11-16-12-17(15-9-7-6-8-10-15)19-13-18(16)20(3,4)5;/h1-10,12-15H;6-9,12-14H,11H2,1-5H3;/q2*-1;. The fourth-order valence-electron chi connectivity index (χ4n) is 6.26. The molecule has 247 valence electrons. The molecule has 0 aliphatic heterocycles. The third-order valence-corrected chi connectivity index (χ3v) is 10.5. The van der Waals surface area contributed by atoms with E-state index in [-0.39, 0.29) is 20.1 Å². The molecule has 49 heavy (non-hydrogen) atoms. The van der Waals surface area contributed by atoms with Crippen molar-refractivity contribution < 1.29 is 24.5 Å². The Hall–Kier alpha value is -4.68. The average Bonchev–Trinajstić information content (AvgIpc) is 3.67. The number of para-hydroxylation sites is 3.